The van der Waals surface area contributed by atoms with Crippen LogP contribution in [0.25, 0.3) is 0 Å². The van der Waals surface area contributed by atoms with E-state index in [1.807, 2.05) is 14.0 Å². The second-order valence-electron chi connectivity index (χ2n) is 4.56. The highest BCUT2D eigenvalue weighted by Crippen LogP contribution is 2.16. The maximum Gasteiger partial charge on any atom is 0.221 e. The van der Waals surface area contributed by atoms with Crippen molar-refractivity contribution in [2.24, 2.45) is 0 Å². The van der Waals surface area contributed by atoms with Gasteiger partial charge in [-0.25, -0.2) is 0 Å². The van der Waals surface area contributed by atoms with E-state index in [0.717, 1.165) is 0 Å². The molecular weight excluding hydrogens is 212 g/mol. The third kappa shape index (κ3) is 4.57. The fraction of sp³-hybridized carbons (Fsp3) is 0.500. The van der Waals surface area contributed by atoms with Crippen molar-refractivity contribution >= 4 is 5.91 Å². The molecule has 1 atom stereocenters. The lowest BCUT2D eigenvalue weighted by molar-refractivity contribution is -0.121. The van der Waals surface area contributed by atoms with E-state index >= 15 is 0 Å². The van der Waals surface area contributed by atoms with Gasteiger partial charge in [-0.2, -0.15) is 0 Å². The molecule has 17 heavy (non-hydrogen) atoms. The van der Waals surface area contributed by atoms with Gasteiger partial charge in [-0.3, -0.25) is 4.79 Å². The van der Waals surface area contributed by atoms with Gasteiger partial charge in [0.15, 0.2) is 0 Å². The number of carbonyl (C=O) groups is 1. The van der Waals surface area contributed by atoms with Gasteiger partial charge in [0, 0.05) is 13.0 Å². The van der Waals surface area contributed by atoms with Crippen LogP contribution in [0.15, 0.2) is 18.2 Å². The molecule has 0 heterocycles. The Labute approximate surface area is 104 Å². The Hall–Kier alpha value is -1.35. The number of hydrogen-bond donors (Lipinski definition) is 2. The molecule has 1 aromatic rings. The highest BCUT2D eigenvalue weighted by atomic mass is 16.1. The first-order valence-corrected chi connectivity index (χ1v) is 6.05. The van der Waals surface area contributed by atoms with E-state index in [2.05, 4.69) is 42.7 Å². The Morgan fingerprint density at radius 1 is 1.24 bits per heavy atom. The van der Waals surface area contributed by atoms with Gasteiger partial charge in [0.2, 0.25) is 5.91 Å². The number of aryl methyl sites for hydroxylation is 2. The Kier molecular flexibility index (Phi) is 5.16. The zero-order valence-electron chi connectivity index (χ0n) is 11.1. The maximum absolute atomic E-state index is 11.6. The quantitative estimate of drug-likeness (QED) is 0.819. The van der Waals surface area contributed by atoms with E-state index in [-0.39, 0.29) is 11.9 Å². The molecule has 0 radical (unpaired) electrons. The van der Waals surface area contributed by atoms with Crippen LogP contribution < -0.4 is 10.6 Å². The van der Waals surface area contributed by atoms with Gasteiger partial charge in [-0.15, -0.1) is 0 Å². The molecule has 1 unspecified atom stereocenters. The van der Waals surface area contributed by atoms with Gasteiger partial charge >= 0.3 is 0 Å². The zero-order valence-corrected chi connectivity index (χ0v) is 11.1. The molecule has 3 heteroatoms. The van der Waals surface area contributed by atoms with E-state index < -0.39 is 0 Å². The summed E-state index contributed by atoms with van der Waals surface area (Å²) >= 11 is 0. The summed E-state index contributed by atoms with van der Waals surface area (Å²) in [4.78, 5) is 11.6. The van der Waals surface area contributed by atoms with Crippen molar-refractivity contribution in [3.8, 4) is 0 Å². The molecule has 1 rings (SSSR count). The van der Waals surface area contributed by atoms with Crippen LogP contribution in [0.4, 0.5) is 0 Å². The van der Waals surface area contributed by atoms with E-state index in [0.29, 0.717) is 13.0 Å². The standard InChI is InChI=1S/C14H22N2O/c1-10-7-11(2)9-13(8-10)12(3)16-14(17)5-6-15-4/h7-9,12,15H,5-6H2,1-4H3,(H,16,17). The lowest BCUT2D eigenvalue weighted by Crippen LogP contribution is -2.29. The minimum Gasteiger partial charge on any atom is -0.350 e. The zero-order chi connectivity index (χ0) is 12.8. The molecule has 0 aliphatic rings. The van der Waals surface area contributed by atoms with Gasteiger partial charge in [0.05, 0.1) is 6.04 Å². The van der Waals surface area contributed by atoms with Crippen LogP contribution in [0.2, 0.25) is 0 Å². The number of rotatable bonds is 5. The van der Waals surface area contributed by atoms with Crippen molar-refractivity contribution in [1.82, 2.24) is 10.6 Å². The van der Waals surface area contributed by atoms with E-state index in [9.17, 15) is 4.79 Å². The Bertz CT molecular complexity index is 368. The molecule has 2 N–H and O–H groups in total. The Balaban J connectivity index is 2.63. The van der Waals surface area contributed by atoms with E-state index in [4.69, 9.17) is 0 Å². The molecule has 0 saturated heterocycles. The summed E-state index contributed by atoms with van der Waals surface area (Å²) in [6, 6.07) is 6.45. The molecule has 1 aromatic carbocycles. The van der Waals surface area contributed by atoms with Crippen LogP contribution in [-0.4, -0.2) is 19.5 Å². The second-order valence-corrected chi connectivity index (χ2v) is 4.56. The molecule has 1 amide bonds. The van der Waals surface area contributed by atoms with Crippen LogP contribution in [0.5, 0.6) is 0 Å². The van der Waals surface area contributed by atoms with Crippen molar-refractivity contribution in [1.29, 1.82) is 0 Å². The van der Waals surface area contributed by atoms with E-state index in [1.54, 1.807) is 0 Å². The summed E-state index contributed by atoms with van der Waals surface area (Å²) in [5.74, 6) is 0.0889. The summed E-state index contributed by atoms with van der Waals surface area (Å²) in [6.45, 7) is 6.88. The van der Waals surface area contributed by atoms with Crippen LogP contribution >= 0.6 is 0 Å². The lowest BCUT2D eigenvalue weighted by atomic mass is 10.0. The molecule has 0 spiro atoms. The van der Waals surface area contributed by atoms with Gasteiger partial charge in [0.25, 0.3) is 0 Å². The summed E-state index contributed by atoms with van der Waals surface area (Å²) in [5.41, 5.74) is 3.63. The molecule has 0 aliphatic heterocycles. The lowest BCUT2D eigenvalue weighted by Gasteiger charge is -2.15. The first kappa shape index (κ1) is 13.7. The summed E-state index contributed by atoms with van der Waals surface area (Å²) in [6.07, 6.45) is 0.519. The SMILES string of the molecule is CNCCC(=O)NC(C)c1cc(C)cc(C)c1. The van der Waals surface area contributed by atoms with Crippen LogP contribution in [0.3, 0.4) is 0 Å². The Morgan fingerprint density at radius 3 is 2.35 bits per heavy atom. The molecular formula is C14H22N2O. The van der Waals surface area contributed by atoms with Gasteiger partial charge in [0.1, 0.15) is 0 Å². The van der Waals surface area contributed by atoms with Gasteiger partial charge < -0.3 is 10.6 Å². The van der Waals surface area contributed by atoms with Crippen molar-refractivity contribution in [3.05, 3.63) is 34.9 Å². The fourth-order valence-corrected chi connectivity index (χ4v) is 1.90. The summed E-state index contributed by atoms with van der Waals surface area (Å²) in [5, 5.41) is 5.98. The van der Waals surface area contributed by atoms with Crippen LogP contribution in [0.1, 0.15) is 36.1 Å². The number of carbonyl (C=O) groups excluding carboxylic acids is 1. The molecule has 0 aromatic heterocycles. The monoisotopic (exact) mass is 234 g/mol. The average Bonchev–Trinajstić information content (AvgIpc) is 2.25. The molecule has 0 bridgehead atoms. The number of hydrogen-bond acceptors (Lipinski definition) is 2. The largest absolute Gasteiger partial charge is 0.350 e. The smallest absolute Gasteiger partial charge is 0.221 e. The van der Waals surface area contributed by atoms with Crippen LogP contribution in [0, 0.1) is 13.8 Å². The molecule has 3 nitrogen and oxygen atoms in total. The van der Waals surface area contributed by atoms with E-state index in [1.165, 1.54) is 16.7 Å². The number of amides is 1. The highest BCUT2D eigenvalue weighted by molar-refractivity contribution is 5.76. The number of nitrogens with one attached hydrogen (secondary N) is 2. The van der Waals surface area contributed by atoms with Gasteiger partial charge in [-0.1, -0.05) is 29.3 Å². The fourth-order valence-electron chi connectivity index (χ4n) is 1.90. The van der Waals surface area contributed by atoms with Gasteiger partial charge in [-0.05, 0) is 33.4 Å². The van der Waals surface area contributed by atoms with Crippen molar-refractivity contribution in [2.45, 2.75) is 33.2 Å². The molecule has 0 fully saturated rings. The summed E-state index contributed by atoms with van der Waals surface area (Å²) < 4.78 is 0. The third-order valence-corrected chi connectivity index (χ3v) is 2.72. The number of benzene rings is 1. The maximum atomic E-state index is 11.6. The predicted octanol–water partition coefficient (Wildman–Crippen LogP) is 2.09. The minimum absolute atomic E-state index is 0.0676. The normalized spacial score (nSPS) is 12.2. The highest BCUT2D eigenvalue weighted by Gasteiger charge is 2.09. The third-order valence-electron chi connectivity index (χ3n) is 2.72. The predicted molar refractivity (Wildman–Crippen MR) is 71.0 cm³/mol. The minimum atomic E-state index is 0.0676. The second kappa shape index (κ2) is 6.40. The first-order chi connectivity index (χ1) is 8.02. The van der Waals surface area contributed by atoms with Crippen LogP contribution in [-0.2, 0) is 4.79 Å². The Morgan fingerprint density at radius 2 is 1.82 bits per heavy atom. The molecule has 94 valence electrons. The summed E-state index contributed by atoms with van der Waals surface area (Å²) in [7, 11) is 1.85. The topological polar surface area (TPSA) is 41.1 Å². The van der Waals surface area contributed by atoms with Crippen molar-refractivity contribution in [3.63, 3.8) is 0 Å². The molecule has 0 saturated carbocycles. The molecule has 0 aliphatic carbocycles. The average molecular weight is 234 g/mol. The van der Waals surface area contributed by atoms with Crippen molar-refractivity contribution in [2.75, 3.05) is 13.6 Å². The van der Waals surface area contributed by atoms with Crippen molar-refractivity contribution < 1.29 is 4.79 Å². The first-order valence-electron chi connectivity index (χ1n) is 6.05.